The Labute approximate surface area is 159 Å². The molecule has 0 bridgehead atoms. The maximum atomic E-state index is 12.6. The Morgan fingerprint density at radius 2 is 1.93 bits per heavy atom. The average Bonchev–Trinajstić information content (AvgIpc) is 2.71. The third-order valence-corrected chi connectivity index (χ3v) is 4.18. The van der Waals surface area contributed by atoms with E-state index in [2.05, 4.69) is 15.2 Å². The summed E-state index contributed by atoms with van der Waals surface area (Å²) in [6, 6.07) is 7.20. The van der Waals surface area contributed by atoms with Crippen molar-refractivity contribution in [3.8, 4) is 11.5 Å². The van der Waals surface area contributed by atoms with Gasteiger partial charge in [-0.25, -0.2) is 0 Å². The van der Waals surface area contributed by atoms with E-state index in [0.29, 0.717) is 49.2 Å². The Morgan fingerprint density at radius 3 is 2.59 bits per heavy atom. The van der Waals surface area contributed by atoms with E-state index in [1.807, 2.05) is 26.0 Å². The molecule has 1 aliphatic heterocycles. The normalized spacial score (nSPS) is 13.9. The summed E-state index contributed by atoms with van der Waals surface area (Å²) in [6.07, 6.45) is 3.16. The van der Waals surface area contributed by atoms with Crippen molar-refractivity contribution in [2.45, 2.75) is 13.8 Å². The highest BCUT2D eigenvalue weighted by Gasteiger charge is 2.20. The molecule has 0 radical (unpaired) electrons. The second-order valence-electron chi connectivity index (χ2n) is 5.98. The SMILES string of the molecule is CCOc1cc(N2CCOCC2)c(OCC)cc1NC(=O)c1cccnc1. The number of rotatable bonds is 7. The van der Waals surface area contributed by atoms with Gasteiger partial charge < -0.3 is 24.4 Å². The lowest BCUT2D eigenvalue weighted by Crippen LogP contribution is -2.36. The summed E-state index contributed by atoms with van der Waals surface area (Å²) in [5.41, 5.74) is 2.00. The number of pyridine rings is 1. The summed E-state index contributed by atoms with van der Waals surface area (Å²) < 4.78 is 17.1. The van der Waals surface area contributed by atoms with Gasteiger partial charge in [0.15, 0.2) is 0 Å². The van der Waals surface area contributed by atoms with Gasteiger partial charge in [-0.2, -0.15) is 0 Å². The van der Waals surface area contributed by atoms with Crippen molar-refractivity contribution < 1.29 is 19.0 Å². The third kappa shape index (κ3) is 4.68. The highest BCUT2D eigenvalue weighted by atomic mass is 16.5. The molecule has 1 aromatic heterocycles. The number of hydrogen-bond donors (Lipinski definition) is 1. The summed E-state index contributed by atoms with van der Waals surface area (Å²) in [7, 11) is 0. The fourth-order valence-electron chi connectivity index (χ4n) is 2.94. The van der Waals surface area contributed by atoms with Crippen molar-refractivity contribution >= 4 is 17.3 Å². The Morgan fingerprint density at radius 1 is 1.19 bits per heavy atom. The molecule has 1 aromatic carbocycles. The predicted octanol–water partition coefficient (Wildman–Crippen LogP) is 2.97. The Bertz CT molecular complexity index is 761. The van der Waals surface area contributed by atoms with E-state index in [1.54, 1.807) is 18.3 Å². The van der Waals surface area contributed by atoms with Crippen LogP contribution in [0.1, 0.15) is 24.2 Å². The molecule has 0 saturated carbocycles. The molecule has 2 aromatic rings. The second-order valence-corrected chi connectivity index (χ2v) is 5.98. The predicted molar refractivity (Wildman–Crippen MR) is 104 cm³/mol. The van der Waals surface area contributed by atoms with Gasteiger partial charge in [0.1, 0.15) is 11.5 Å². The third-order valence-electron chi connectivity index (χ3n) is 4.18. The number of anilines is 2. The van der Waals surface area contributed by atoms with E-state index in [4.69, 9.17) is 14.2 Å². The van der Waals surface area contributed by atoms with Crippen LogP contribution in [0.4, 0.5) is 11.4 Å². The number of carbonyl (C=O) groups is 1. The first kappa shape index (κ1) is 19.0. The molecule has 1 aliphatic rings. The number of nitrogens with one attached hydrogen (secondary N) is 1. The van der Waals surface area contributed by atoms with E-state index >= 15 is 0 Å². The van der Waals surface area contributed by atoms with Crippen LogP contribution >= 0.6 is 0 Å². The molecule has 0 aliphatic carbocycles. The number of morpholine rings is 1. The first-order valence-electron chi connectivity index (χ1n) is 9.20. The lowest BCUT2D eigenvalue weighted by molar-refractivity contribution is 0.102. The number of hydrogen-bond acceptors (Lipinski definition) is 6. The molecule has 1 saturated heterocycles. The highest BCUT2D eigenvalue weighted by molar-refractivity contribution is 6.05. The molecule has 7 nitrogen and oxygen atoms in total. The largest absolute Gasteiger partial charge is 0.492 e. The van der Waals surface area contributed by atoms with E-state index in [0.717, 1.165) is 18.8 Å². The van der Waals surface area contributed by atoms with E-state index in [9.17, 15) is 4.79 Å². The maximum Gasteiger partial charge on any atom is 0.257 e. The number of benzene rings is 1. The number of nitrogens with zero attached hydrogens (tertiary/aromatic N) is 2. The Balaban J connectivity index is 1.94. The van der Waals surface area contributed by atoms with Crippen molar-refractivity contribution in [1.82, 2.24) is 4.98 Å². The quantitative estimate of drug-likeness (QED) is 0.807. The van der Waals surface area contributed by atoms with Gasteiger partial charge in [0, 0.05) is 37.6 Å². The van der Waals surface area contributed by atoms with E-state index < -0.39 is 0 Å². The Kier molecular flexibility index (Phi) is 6.49. The van der Waals surface area contributed by atoms with Gasteiger partial charge in [-0.3, -0.25) is 9.78 Å². The number of aromatic nitrogens is 1. The van der Waals surface area contributed by atoms with Crippen LogP contribution in [0.25, 0.3) is 0 Å². The molecule has 1 N–H and O–H groups in total. The fourth-order valence-corrected chi connectivity index (χ4v) is 2.94. The number of carbonyl (C=O) groups excluding carboxylic acids is 1. The maximum absolute atomic E-state index is 12.6. The van der Waals surface area contributed by atoms with Gasteiger partial charge in [-0.05, 0) is 26.0 Å². The number of amides is 1. The molecule has 1 amide bonds. The van der Waals surface area contributed by atoms with Crippen molar-refractivity contribution in [2.75, 3.05) is 49.7 Å². The van der Waals surface area contributed by atoms with Gasteiger partial charge in [0.2, 0.25) is 0 Å². The molecule has 2 heterocycles. The molecular formula is C20H25N3O4. The first-order valence-corrected chi connectivity index (χ1v) is 9.20. The van der Waals surface area contributed by atoms with Crippen LogP contribution in [0.2, 0.25) is 0 Å². The summed E-state index contributed by atoms with van der Waals surface area (Å²) in [5, 5.41) is 2.91. The van der Waals surface area contributed by atoms with Crippen molar-refractivity contribution in [3.63, 3.8) is 0 Å². The van der Waals surface area contributed by atoms with Gasteiger partial charge >= 0.3 is 0 Å². The van der Waals surface area contributed by atoms with Crippen LogP contribution in [0.15, 0.2) is 36.7 Å². The lowest BCUT2D eigenvalue weighted by atomic mass is 10.2. The fraction of sp³-hybridized carbons (Fsp3) is 0.400. The lowest BCUT2D eigenvalue weighted by Gasteiger charge is -2.31. The molecule has 1 fully saturated rings. The zero-order valence-corrected chi connectivity index (χ0v) is 15.7. The van der Waals surface area contributed by atoms with Gasteiger partial charge in [-0.1, -0.05) is 0 Å². The smallest absolute Gasteiger partial charge is 0.257 e. The minimum Gasteiger partial charge on any atom is -0.492 e. The summed E-state index contributed by atoms with van der Waals surface area (Å²) in [4.78, 5) is 18.8. The molecule has 7 heteroatoms. The van der Waals surface area contributed by atoms with Crippen LogP contribution < -0.4 is 19.7 Å². The Hall–Kier alpha value is -2.80. The zero-order valence-electron chi connectivity index (χ0n) is 15.7. The number of ether oxygens (including phenoxy) is 3. The monoisotopic (exact) mass is 371 g/mol. The standard InChI is InChI=1S/C20H25N3O4/c1-3-26-18-13-17(23-8-10-25-11-9-23)19(27-4-2)12-16(18)22-20(24)15-6-5-7-21-14-15/h5-7,12-14H,3-4,8-11H2,1-2H3,(H,22,24). The van der Waals surface area contributed by atoms with Crippen molar-refractivity contribution in [3.05, 3.63) is 42.2 Å². The first-order chi connectivity index (χ1) is 13.2. The zero-order chi connectivity index (χ0) is 19.1. The minimum atomic E-state index is -0.245. The van der Waals surface area contributed by atoms with Gasteiger partial charge in [0.25, 0.3) is 5.91 Å². The van der Waals surface area contributed by atoms with E-state index in [1.165, 1.54) is 6.20 Å². The molecule has 0 atom stereocenters. The van der Waals surface area contributed by atoms with Crippen molar-refractivity contribution in [1.29, 1.82) is 0 Å². The topological polar surface area (TPSA) is 72.9 Å². The van der Waals surface area contributed by atoms with Gasteiger partial charge in [0.05, 0.1) is 43.4 Å². The average molecular weight is 371 g/mol. The molecular weight excluding hydrogens is 346 g/mol. The van der Waals surface area contributed by atoms with Gasteiger partial charge in [-0.15, -0.1) is 0 Å². The van der Waals surface area contributed by atoms with Crippen LogP contribution in [-0.2, 0) is 4.74 Å². The second kappa shape index (κ2) is 9.23. The molecule has 3 rings (SSSR count). The van der Waals surface area contributed by atoms with Crippen molar-refractivity contribution in [2.24, 2.45) is 0 Å². The summed E-state index contributed by atoms with van der Waals surface area (Å²) in [5.74, 6) is 1.08. The van der Waals surface area contributed by atoms with Crippen LogP contribution in [-0.4, -0.2) is 50.4 Å². The summed E-state index contributed by atoms with van der Waals surface area (Å²) >= 11 is 0. The molecule has 0 unspecified atom stereocenters. The van der Waals surface area contributed by atoms with E-state index in [-0.39, 0.29) is 5.91 Å². The van der Waals surface area contributed by atoms with Crippen LogP contribution in [0.3, 0.4) is 0 Å². The highest BCUT2D eigenvalue weighted by Crippen LogP contribution is 2.39. The van der Waals surface area contributed by atoms with Crippen LogP contribution in [0.5, 0.6) is 11.5 Å². The summed E-state index contributed by atoms with van der Waals surface area (Å²) in [6.45, 7) is 7.79. The van der Waals surface area contributed by atoms with Crippen LogP contribution in [0, 0.1) is 0 Å². The molecule has 0 spiro atoms. The minimum absolute atomic E-state index is 0.245. The molecule has 144 valence electrons. The molecule has 27 heavy (non-hydrogen) atoms.